The third kappa shape index (κ3) is 2.07. The number of Topliss-reactive ketones (excluding diaryl/α,β-unsaturated/α-hetero) is 3. The Labute approximate surface area is 104 Å². The van der Waals surface area contributed by atoms with Gasteiger partial charge in [-0.25, -0.2) is 0 Å². The third-order valence-corrected chi connectivity index (χ3v) is 3.07. The Hall–Kier alpha value is -2.28. The second-order valence-corrected chi connectivity index (χ2v) is 4.24. The molecule has 1 fully saturated rings. The zero-order valence-corrected chi connectivity index (χ0v) is 9.68. The normalized spacial score (nSPS) is 16.4. The lowest BCUT2D eigenvalue weighted by Gasteiger charge is -2.18. The van der Waals surface area contributed by atoms with Crippen molar-refractivity contribution >= 4 is 17.3 Å². The van der Waals surface area contributed by atoms with Gasteiger partial charge < -0.3 is 0 Å². The monoisotopic (exact) mass is 241 g/mol. The van der Waals surface area contributed by atoms with Crippen molar-refractivity contribution in [2.24, 2.45) is 5.92 Å². The van der Waals surface area contributed by atoms with Crippen LogP contribution in [0.3, 0.4) is 0 Å². The van der Waals surface area contributed by atoms with Crippen LogP contribution in [0.2, 0.25) is 0 Å². The van der Waals surface area contributed by atoms with Crippen LogP contribution >= 0.6 is 0 Å². The minimum Gasteiger partial charge on any atom is -0.298 e. The lowest BCUT2D eigenvalue weighted by atomic mass is 9.81. The number of carbonyl (C=O) groups is 3. The van der Waals surface area contributed by atoms with Crippen LogP contribution in [0.5, 0.6) is 0 Å². The molecule has 4 heteroatoms. The van der Waals surface area contributed by atoms with Gasteiger partial charge in [0.25, 0.3) is 0 Å². The predicted octanol–water partition coefficient (Wildman–Crippen LogP) is 1.68. The maximum Gasteiger partial charge on any atom is 0.182 e. The van der Waals surface area contributed by atoms with Gasteiger partial charge in [0.05, 0.1) is 11.6 Å². The molecule has 4 nitrogen and oxygen atoms in total. The van der Waals surface area contributed by atoms with Crippen molar-refractivity contribution in [1.29, 1.82) is 5.26 Å². The molecule has 1 aromatic rings. The van der Waals surface area contributed by atoms with Gasteiger partial charge in [0.1, 0.15) is 5.92 Å². The lowest BCUT2D eigenvalue weighted by molar-refractivity contribution is -0.133. The van der Waals surface area contributed by atoms with Gasteiger partial charge in [0.15, 0.2) is 17.3 Å². The predicted molar refractivity (Wildman–Crippen MR) is 62.8 cm³/mol. The highest BCUT2D eigenvalue weighted by Crippen LogP contribution is 2.22. The van der Waals surface area contributed by atoms with Gasteiger partial charge in [-0.05, 0) is 12.5 Å². The van der Waals surface area contributed by atoms with Gasteiger partial charge in [-0.3, -0.25) is 14.4 Å². The highest BCUT2D eigenvalue weighted by atomic mass is 16.2. The Morgan fingerprint density at radius 3 is 2.39 bits per heavy atom. The topological polar surface area (TPSA) is 75.0 Å². The summed E-state index contributed by atoms with van der Waals surface area (Å²) in [6, 6.07) is 8.14. The van der Waals surface area contributed by atoms with Crippen LogP contribution in [0.4, 0.5) is 0 Å². The van der Waals surface area contributed by atoms with Gasteiger partial charge in [-0.15, -0.1) is 0 Å². The zero-order chi connectivity index (χ0) is 13.1. The molecule has 0 atom stereocenters. The summed E-state index contributed by atoms with van der Waals surface area (Å²) >= 11 is 0. The largest absolute Gasteiger partial charge is 0.298 e. The van der Waals surface area contributed by atoms with Crippen LogP contribution in [0.25, 0.3) is 0 Å². The molecule has 90 valence electrons. The number of hydrogen-bond donors (Lipinski definition) is 0. The van der Waals surface area contributed by atoms with E-state index in [-0.39, 0.29) is 35.5 Å². The van der Waals surface area contributed by atoms with Crippen molar-refractivity contribution in [3.8, 4) is 6.07 Å². The lowest BCUT2D eigenvalue weighted by Crippen LogP contribution is -2.35. The summed E-state index contributed by atoms with van der Waals surface area (Å²) in [5.74, 6) is -2.40. The minimum absolute atomic E-state index is 0.161. The minimum atomic E-state index is -1.20. The highest BCUT2D eigenvalue weighted by molar-refractivity contribution is 6.25. The molecular formula is C14H11NO3. The van der Waals surface area contributed by atoms with E-state index in [4.69, 9.17) is 5.26 Å². The molecule has 0 bridgehead atoms. The summed E-state index contributed by atoms with van der Waals surface area (Å²) in [5, 5.41) is 8.93. The van der Waals surface area contributed by atoms with Crippen LogP contribution in [-0.4, -0.2) is 17.3 Å². The Balaban J connectivity index is 2.39. The summed E-state index contributed by atoms with van der Waals surface area (Å²) in [6.45, 7) is 0. The molecule has 0 saturated heterocycles. The fourth-order valence-corrected chi connectivity index (χ4v) is 2.15. The van der Waals surface area contributed by atoms with Gasteiger partial charge in [-0.1, -0.05) is 18.2 Å². The van der Waals surface area contributed by atoms with E-state index in [0.717, 1.165) is 0 Å². The molecule has 0 aliphatic heterocycles. The molecule has 1 aromatic carbocycles. The van der Waals surface area contributed by atoms with Crippen molar-refractivity contribution in [2.45, 2.75) is 19.3 Å². The number of hydrogen-bond acceptors (Lipinski definition) is 4. The molecule has 0 unspecified atom stereocenters. The van der Waals surface area contributed by atoms with Crippen LogP contribution < -0.4 is 0 Å². The molecule has 1 aliphatic carbocycles. The number of rotatable bonds is 2. The molecule has 0 N–H and O–H groups in total. The van der Waals surface area contributed by atoms with E-state index in [1.165, 1.54) is 12.1 Å². The van der Waals surface area contributed by atoms with Crippen molar-refractivity contribution in [3.63, 3.8) is 0 Å². The Morgan fingerprint density at radius 2 is 1.78 bits per heavy atom. The molecule has 1 aliphatic rings. The Kier molecular flexibility index (Phi) is 3.33. The molecule has 0 radical (unpaired) electrons. The number of benzene rings is 1. The van der Waals surface area contributed by atoms with Crippen molar-refractivity contribution in [1.82, 2.24) is 0 Å². The highest BCUT2D eigenvalue weighted by Gasteiger charge is 2.37. The second kappa shape index (κ2) is 4.92. The smallest absolute Gasteiger partial charge is 0.182 e. The van der Waals surface area contributed by atoms with Gasteiger partial charge in [0, 0.05) is 18.4 Å². The number of nitriles is 1. The number of ketones is 3. The van der Waals surface area contributed by atoms with Crippen molar-refractivity contribution < 1.29 is 14.4 Å². The fourth-order valence-electron chi connectivity index (χ4n) is 2.15. The van der Waals surface area contributed by atoms with Crippen LogP contribution in [0.1, 0.15) is 35.2 Å². The van der Waals surface area contributed by atoms with E-state index < -0.39 is 11.7 Å². The maximum atomic E-state index is 12.2. The summed E-state index contributed by atoms with van der Waals surface area (Å²) in [7, 11) is 0. The SMILES string of the molecule is N#Cc1ccccc1C(=O)C1C(=O)CCCC1=O. The quantitative estimate of drug-likeness (QED) is 0.583. The number of nitrogens with zero attached hydrogens (tertiary/aromatic N) is 1. The van der Waals surface area contributed by atoms with Gasteiger partial charge >= 0.3 is 0 Å². The number of carbonyl (C=O) groups excluding carboxylic acids is 3. The van der Waals surface area contributed by atoms with Crippen LogP contribution in [0.15, 0.2) is 24.3 Å². The molecule has 0 spiro atoms. The molecule has 2 rings (SSSR count). The first kappa shape index (κ1) is 12.2. The van der Waals surface area contributed by atoms with E-state index in [9.17, 15) is 14.4 Å². The van der Waals surface area contributed by atoms with E-state index >= 15 is 0 Å². The van der Waals surface area contributed by atoms with Crippen molar-refractivity contribution in [2.75, 3.05) is 0 Å². The third-order valence-electron chi connectivity index (χ3n) is 3.07. The summed E-state index contributed by atoms with van der Waals surface area (Å²) in [5.41, 5.74) is 0.363. The van der Waals surface area contributed by atoms with E-state index in [1.807, 2.05) is 6.07 Å². The first-order valence-electron chi connectivity index (χ1n) is 5.74. The average molecular weight is 241 g/mol. The zero-order valence-electron chi connectivity index (χ0n) is 9.68. The van der Waals surface area contributed by atoms with E-state index in [2.05, 4.69) is 0 Å². The molecule has 0 heterocycles. The van der Waals surface area contributed by atoms with E-state index in [0.29, 0.717) is 6.42 Å². The van der Waals surface area contributed by atoms with Crippen LogP contribution in [-0.2, 0) is 9.59 Å². The fraction of sp³-hybridized carbons (Fsp3) is 0.286. The first-order valence-corrected chi connectivity index (χ1v) is 5.74. The summed E-state index contributed by atoms with van der Waals surface area (Å²) < 4.78 is 0. The molecule has 18 heavy (non-hydrogen) atoms. The van der Waals surface area contributed by atoms with Crippen LogP contribution in [0, 0.1) is 17.2 Å². The maximum absolute atomic E-state index is 12.2. The molecular weight excluding hydrogens is 230 g/mol. The van der Waals surface area contributed by atoms with Gasteiger partial charge in [-0.2, -0.15) is 5.26 Å². The Morgan fingerprint density at radius 1 is 1.17 bits per heavy atom. The standard InChI is InChI=1S/C14H11NO3/c15-8-9-4-1-2-5-10(9)14(18)13-11(16)6-3-7-12(13)17/h1-2,4-5,13H,3,6-7H2. The summed E-state index contributed by atoms with van der Waals surface area (Å²) in [4.78, 5) is 35.6. The second-order valence-electron chi connectivity index (χ2n) is 4.24. The van der Waals surface area contributed by atoms with E-state index in [1.54, 1.807) is 12.1 Å². The molecule has 0 amide bonds. The molecule has 0 aromatic heterocycles. The van der Waals surface area contributed by atoms with Crippen molar-refractivity contribution in [3.05, 3.63) is 35.4 Å². The van der Waals surface area contributed by atoms with Gasteiger partial charge in [0.2, 0.25) is 0 Å². The Bertz CT molecular complexity index is 553. The average Bonchev–Trinajstić information content (AvgIpc) is 2.38. The molecule has 1 saturated carbocycles. The first-order chi connectivity index (χ1) is 8.65. The summed E-state index contributed by atoms with van der Waals surface area (Å²) in [6.07, 6.45) is 1.04.